The summed E-state index contributed by atoms with van der Waals surface area (Å²) in [6.45, 7) is 4.65. The van der Waals surface area contributed by atoms with Crippen molar-refractivity contribution in [3.63, 3.8) is 0 Å². The zero-order valence-corrected chi connectivity index (χ0v) is 14.9. The van der Waals surface area contributed by atoms with Gasteiger partial charge in [0.1, 0.15) is 0 Å². The van der Waals surface area contributed by atoms with Crippen LogP contribution in [0.2, 0.25) is 0 Å². The summed E-state index contributed by atoms with van der Waals surface area (Å²) in [5.74, 6) is -0.0845. The number of carbonyl (C=O) groups is 2. The van der Waals surface area contributed by atoms with E-state index in [1.54, 1.807) is 35.8 Å². The Balaban J connectivity index is 1.80. The van der Waals surface area contributed by atoms with E-state index in [2.05, 4.69) is 15.6 Å². The number of rotatable bonds is 5. The van der Waals surface area contributed by atoms with Gasteiger partial charge in [0.15, 0.2) is 0 Å². The fraction of sp³-hybridized carbons (Fsp3) is 0.211. The predicted molar refractivity (Wildman–Crippen MR) is 101 cm³/mol. The van der Waals surface area contributed by atoms with Crippen LogP contribution >= 0.6 is 11.3 Å². The molecule has 2 N–H and O–H groups in total. The SMILES string of the molecule is CC(C)CNC(=O)c1ccccc1NC(=O)c1ccc2ncsc2c1. The van der Waals surface area contributed by atoms with Crippen LogP contribution in [-0.4, -0.2) is 23.3 Å². The van der Waals surface area contributed by atoms with Crippen molar-refractivity contribution < 1.29 is 9.59 Å². The van der Waals surface area contributed by atoms with Crippen molar-refractivity contribution in [2.75, 3.05) is 11.9 Å². The van der Waals surface area contributed by atoms with Crippen molar-refractivity contribution in [2.24, 2.45) is 5.92 Å². The van der Waals surface area contributed by atoms with Gasteiger partial charge in [-0.1, -0.05) is 26.0 Å². The largest absolute Gasteiger partial charge is 0.352 e. The van der Waals surface area contributed by atoms with E-state index in [1.165, 1.54) is 11.3 Å². The zero-order valence-electron chi connectivity index (χ0n) is 14.1. The Morgan fingerprint density at radius 3 is 2.72 bits per heavy atom. The molecule has 0 fully saturated rings. The summed E-state index contributed by atoms with van der Waals surface area (Å²) in [6.07, 6.45) is 0. The first kappa shape index (κ1) is 17.1. The number of fused-ring (bicyclic) bond motifs is 1. The third-order valence-electron chi connectivity index (χ3n) is 3.68. The summed E-state index contributed by atoms with van der Waals surface area (Å²) in [5.41, 5.74) is 4.11. The van der Waals surface area contributed by atoms with Crippen LogP contribution in [0.25, 0.3) is 10.2 Å². The quantitative estimate of drug-likeness (QED) is 0.730. The van der Waals surface area contributed by atoms with Gasteiger partial charge in [0.2, 0.25) is 0 Å². The molecule has 0 aliphatic rings. The summed E-state index contributed by atoms with van der Waals surface area (Å²) in [5, 5.41) is 5.71. The van der Waals surface area contributed by atoms with Crippen LogP contribution in [0.1, 0.15) is 34.6 Å². The maximum Gasteiger partial charge on any atom is 0.255 e. The van der Waals surface area contributed by atoms with Crippen LogP contribution in [-0.2, 0) is 0 Å². The number of nitrogens with one attached hydrogen (secondary N) is 2. The van der Waals surface area contributed by atoms with Crippen molar-refractivity contribution in [1.29, 1.82) is 0 Å². The second kappa shape index (κ2) is 7.44. The number of benzene rings is 2. The topological polar surface area (TPSA) is 71.1 Å². The highest BCUT2D eigenvalue weighted by molar-refractivity contribution is 7.16. The number of amides is 2. The lowest BCUT2D eigenvalue weighted by Gasteiger charge is -2.12. The molecular weight excluding hydrogens is 334 g/mol. The number of aromatic nitrogens is 1. The summed E-state index contributed by atoms with van der Waals surface area (Å²) >= 11 is 1.49. The minimum atomic E-state index is -0.251. The molecule has 0 aliphatic heterocycles. The first-order valence-electron chi connectivity index (χ1n) is 8.06. The fourth-order valence-electron chi connectivity index (χ4n) is 2.37. The van der Waals surface area contributed by atoms with Gasteiger partial charge in [0, 0.05) is 12.1 Å². The van der Waals surface area contributed by atoms with Crippen LogP contribution in [0.5, 0.6) is 0 Å². The molecule has 0 unspecified atom stereocenters. The number of nitrogens with zero attached hydrogens (tertiary/aromatic N) is 1. The van der Waals surface area contributed by atoms with Crippen LogP contribution < -0.4 is 10.6 Å². The van der Waals surface area contributed by atoms with Gasteiger partial charge >= 0.3 is 0 Å². The number of hydrogen-bond donors (Lipinski definition) is 2. The Hall–Kier alpha value is -2.73. The lowest BCUT2D eigenvalue weighted by Crippen LogP contribution is -2.28. The normalized spacial score (nSPS) is 10.8. The molecule has 25 heavy (non-hydrogen) atoms. The molecule has 3 aromatic rings. The van der Waals surface area contributed by atoms with Gasteiger partial charge in [-0.25, -0.2) is 4.98 Å². The molecule has 5 nitrogen and oxygen atoms in total. The standard InChI is InChI=1S/C19H19N3O2S/c1-12(2)10-20-19(24)14-5-3-4-6-15(14)22-18(23)13-7-8-16-17(9-13)25-11-21-16/h3-9,11-12H,10H2,1-2H3,(H,20,24)(H,22,23). The number of carbonyl (C=O) groups excluding carboxylic acids is 2. The van der Waals surface area contributed by atoms with Crippen molar-refractivity contribution in [3.8, 4) is 0 Å². The molecule has 0 aliphatic carbocycles. The first-order chi connectivity index (χ1) is 12.0. The molecule has 1 heterocycles. The van der Waals surface area contributed by atoms with E-state index in [9.17, 15) is 9.59 Å². The summed E-state index contributed by atoms with van der Waals surface area (Å²) in [4.78, 5) is 29.1. The van der Waals surface area contributed by atoms with Gasteiger partial charge in [-0.05, 0) is 36.2 Å². The molecule has 2 amide bonds. The summed E-state index contributed by atoms with van der Waals surface area (Å²) < 4.78 is 0.954. The van der Waals surface area contributed by atoms with Gasteiger partial charge in [0.25, 0.3) is 11.8 Å². The minimum Gasteiger partial charge on any atom is -0.352 e. The average Bonchev–Trinajstić information content (AvgIpc) is 3.07. The smallest absolute Gasteiger partial charge is 0.255 e. The Bertz CT molecular complexity index is 918. The molecule has 0 saturated heterocycles. The molecule has 0 bridgehead atoms. The zero-order chi connectivity index (χ0) is 17.8. The van der Waals surface area contributed by atoms with E-state index >= 15 is 0 Å². The number of anilines is 1. The van der Waals surface area contributed by atoms with E-state index in [4.69, 9.17) is 0 Å². The average molecular weight is 353 g/mol. The molecule has 1 aromatic heterocycles. The van der Waals surface area contributed by atoms with Crippen molar-refractivity contribution in [1.82, 2.24) is 10.3 Å². The minimum absolute atomic E-state index is 0.192. The van der Waals surface area contributed by atoms with E-state index in [1.807, 2.05) is 26.0 Å². The molecule has 6 heteroatoms. The van der Waals surface area contributed by atoms with Crippen molar-refractivity contribution >= 4 is 39.1 Å². The second-order valence-electron chi connectivity index (χ2n) is 6.14. The molecule has 0 atom stereocenters. The van der Waals surface area contributed by atoms with Gasteiger partial charge in [-0.15, -0.1) is 11.3 Å². The summed E-state index contributed by atoms with van der Waals surface area (Å²) in [6, 6.07) is 12.4. The molecule has 3 rings (SSSR count). The maximum absolute atomic E-state index is 12.6. The van der Waals surface area contributed by atoms with E-state index in [0.29, 0.717) is 29.3 Å². The predicted octanol–water partition coefficient (Wildman–Crippen LogP) is 3.93. The van der Waals surface area contributed by atoms with Gasteiger partial charge < -0.3 is 10.6 Å². The van der Waals surface area contributed by atoms with Crippen LogP contribution in [0.3, 0.4) is 0 Å². The van der Waals surface area contributed by atoms with Gasteiger partial charge in [-0.3, -0.25) is 9.59 Å². The monoisotopic (exact) mass is 353 g/mol. The molecule has 0 saturated carbocycles. The number of para-hydroxylation sites is 1. The molecule has 2 aromatic carbocycles. The fourth-order valence-corrected chi connectivity index (χ4v) is 3.09. The Morgan fingerprint density at radius 2 is 1.92 bits per heavy atom. The lowest BCUT2D eigenvalue weighted by molar-refractivity contribution is 0.0950. The van der Waals surface area contributed by atoms with Crippen LogP contribution in [0, 0.1) is 5.92 Å². The van der Waals surface area contributed by atoms with E-state index < -0.39 is 0 Å². The Kier molecular flexibility index (Phi) is 5.09. The molecular formula is C19H19N3O2S. The van der Waals surface area contributed by atoms with E-state index in [-0.39, 0.29) is 11.8 Å². The van der Waals surface area contributed by atoms with Gasteiger partial charge in [-0.2, -0.15) is 0 Å². The Morgan fingerprint density at radius 1 is 1.12 bits per heavy atom. The Labute approximate surface area is 150 Å². The number of hydrogen-bond acceptors (Lipinski definition) is 4. The third-order valence-corrected chi connectivity index (χ3v) is 4.48. The van der Waals surface area contributed by atoms with Crippen LogP contribution in [0.4, 0.5) is 5.69 Å². The first-order valence-corrected chi connectivity index (χ1v) is 8.94. The van der Waals surface area contributed by atoms with Gasteiger partial charge in [0.05, 0.1) is 27.0 Å². The molecule has 128 valence electrons. The second-order valence-corrected chi connectivity index (χ2v) is 7.02. The van der Waals surface area contributed by atoms with Crippen molar-refractivity contribution in [3.05, 3.63) is 59.1 Å². The molecule has 0 spiro atoms. The van der Waals surface area contributed by atoms with E-state index in [0.717, 1.165) is 10.2 Å². The highest BCUT2D eigenvalue weighted by Crippen LogP contribution is 2.21. The highest BCUT2D eigenvalue weighted by Gasteiger charge is 2.14. The highest BCUT2D eigenvalue weighted by atomic mass is 32.1. The number of thiazole rings is 1. The third kappa shape index (κ3) is 4.03. The maximum atomic E-state index is 12.6. The van der Waals surface area contributed by atoms with Crippen LogP contribution in [0.15, 0.2) is 48.0 Å². The summed E-state index contributed by atoms with van der Waals surface area (Å²) in [7, 11) is 0. The van der Waals surface area contributed by atoms with Crippen molar-refractivity contribution in [2.45, 2.75) is 13.8 Å². The lowest BCUT2D eigenvalue weighted by atomic mass is 10.1. The molecule has 0 radical (unpaired) electrons.